The standard InChI is InChI=1S/C26H27N3O2.CH2O2/c1-27(2)26(31)23-15-19-7-3-4-12-22(19)29(23)24(30)13-14-28-16-20-10-5-8-18-9-6-11-21(17-28)25(18)20;2-1-3/h3-12,23H,13-17H2,1-2H3;1H,(H,2,3). The average Bonchev–Trinajstić information content (AvgIpc) is 3.22. The predicted molar refractivity (Wildman–Crippen MR) is 131 cm³/mol. The molecule has 5 rings (SSSR count). The van der Waals surface area contributed by atoms with Gasteiger partial charge in [0.05, 0.1) is 0 Å². The number of hydrogen-bond donors (Lipinski definition) is 1. The Hall–Kier alpha value is -3.71. The number of rotatable bonds is 4. The first-order chi connectivity index (χ1) is 16.4. The van der Waals surface area contributed by atoms with Crippen LogP contribution in [0.3, 0.4) is 0 Å². The minimum atomic E-state index is -0.448. The van der Waals surface area contributed by atoms with Crippen LogP contribution in [-0.4, -0.2) is 59.9 Å². The predicted octanol–water partition coefficient (Wildman–Crippen LogP) is 3.29. The van der Waals surface area contributed by atoms with Crippen molar-refractivity contribution in [3.63, 3.8) is 0 Å². The van der Waals surface area contributed by atoms with Gasteiger partial charge in [-0.15, -0.1) is 0 Å². The molecule has 3 aromatic carbocycles. The highest BCUT2D eigenvalue weighted by atomic mass is 16.3. The number of carbonyl (C=O) groups excluding carboxylic acids is 2. The SMILES string of the molecule is CN(C)C(=O)C1Cc2ccccc2N1C(=O)CCN1Cc2cccc3cccc(c23)C1.O=CO. The first-order valence-electron chi connectivity index (χ1n) is 11.4. The molecule has 176 valence electrons. The summed E-state index contributed by atoms with van der Waals surface area (Å²) in [5, 5.41) is 9.53. The van der Waals surface area contributed by atoms with Gasteiger partial charge in [-0.2, -0.15) is 0 Å². The molecule has 0 bridgehead atoms. The molecule has 0 spiro atoms. The van der Waals surface area contributed by atoms with E-state index in [1.165, 1.54) is 21.9 Å². The van der Waals surface area contributed by atoms with E-state index in [9.17, 15) is 9.59 Å². The van der Waals surface area contributed by atoms with Gasteiger partial charge in [0, 0.05) is 52.3 Å². The van der Waals surface area contributed by atoms with Crippen molar-refractivity contribution in [1.29, 1.82) is 0 Å². The zero-order valence-corrected chi connectivity index (χ0v) is 19.5. The molecule has 1 N–H and O–H groups in total. The Kier molecular flexibility index (Phi) is 6.93. The highest BCUT2D eigenvalue weighted by Crippen LogP contribution is 2.34. The molecule has 2 heterocycles. The molecule has 3 aromatic rings. The Morgan fingerprint density at radius 1 is 0.971 bits per heavy atom. The normalized spacial score (nSPS) is 16.4. The lowest BCUT2D eigenvalue weighted by Gasteiger charge is -2.31. The number of likely N-dealkylation sites (N-methyl/N-ethyl adjacent to an activating group) is 1. The second kappa shape index (κ2) is 10.1. The molecule has 0 saturated carbocycles. The van der Waals surface area contributed by atoms with Gasteiger partial charge in [-0.25, -0.2) is 0 Å². The number of anilines is 1. The summed E-state index contributed by atoms with van der Waals surface area (Å²) in [4.78, 5) is 40.2. The molecule has 0 saturated heterocycles. The second-order valence-electron chi connectivity index (χ2n) is 8.84. The van der Waals surface area contributed by atoms with E-state index in [4.69, 9.17) is 9.90 Å². The lowest BCUT2D eigenvalue weighted by atomic mass is 9.95. The van der Waals surface area contributed by atoms with Crippen LogP contribution in [0.1, 0.15) is 23.1 Å². The molecule has 2 aliphatic rings. The van der Waals surface area contributed by atoms with Gasteiger partial charge in [0.1, 0.15) is 6.04 Å². The van der Waals surface area contributed by atoms with Crippen molar-refractivity contribution in [1.82, 2.24) is 9.80 Å². The van der Waals surface area contributed by atoms with Crippen molar-refractivity contribution in [3.05, 3.63) is 77.4 Å². The third kappa shape index (κ3) is 4.52. The van der Waals surface area contributed by atoms with Gasteiger partial charge in [0.15, 0.2) is 0 Å². The molecule has 0 aromatic heterocycles. The molecule has 2 aliphatic heterocycles. The van der Waals surface area contributed by atoms with E-state index < -0.39 is 6.04 Å². The number of para-hydroxylation sites is 1. The highest BCUT2D eigenvalue weighted by molar-refractivity contribution is 6.03. The van der Waals surface area contributed by atoms with Crippen molar-refractivity contribution < 1.29 is 19.5 Å². The van der Waals surface area contributed by atoms with E-state index in [0.717, 1.165) is 24.3 Å². The minimum absolute atomic E-state index is 0.0159. The summed E-state index contributed by atoms with van der Waals surface area (Å²) in [7, 11) is 3.50. The zero-order valence-electron chi connectivity index (χ0n) is 19.5. The van der Waals surface area contributed by atoms with E-state index in [1.807, 2.05) is 24.3 Å². The Morgan fingerprint density at radius 3 is 2.18 bits per heavy atom. The van der Waals surface area contributed by atoms with Gasteiger partial charge in [-0.1, -0.05) is 54.6 Å². The third-order valence-corrected chi connectivity index (χ3v) is 6.48. The van der Waals surface area contributed by atoms with Crippen LogP contribution < -0.4 is 4.90 Å². The summed E-state index contributed by atoms with van der Waals surface area (Å²) in [6.45, 7) is 2.11. The first kappa shape index (κ1) is 23.4. The lowest BCUT2D eigenvalue weighted by Crippen LogP contribution is -2.48. The smallest absolute Gasteiger partial charge is 0.290 e. The molecule has 34 heavy (non-hydrogen) atoms. The molecule has 7 heteroatoms. The number of fused-ring (bicyclic) bond motifs is 1. The molecule has 7 nitrogen and oxygen atoms in total. The number of amides is 2. The number of benzene rings is 3. The van der Waals surface area contributed by atoms with E-state index >= 15 is 0 Å². The summed E-state index contributed by atoms with van der Waals surface area (Å²) in [5.74, 6) is -0.00894. The van der Waals surface area contributed by atoms with Crippen molar-refractivity contribution in [2.45, 2.75) is 32.0 Å². The van der Waals surface area contributed by atoms with Crippen LogP contribution in [0.4, 0.5) is 5.69 Å². The maximum absolute atomic E-state index is 13.4. The summed E-state index contributed by atoms with van der Waals surface area (Å²) in [6.07, 6.45) is 0.974. The number of nitrogens with zero attached hydrogens (tertiary/aromatic N) is 3. The fourth-order valence-corrected chi connectivity index (χ4v) is 5.03. The van der Waals surface area contributed by atoms with Gasteiger partial charge >= 0.3 is 0 Å². The van der Waals surface area contributed by atoms with Crippen molar-refractivity contribution >= 4 is 34.7 Å². The van der Waals surface area contributed by atoms with Crippen LogP contribution >= 0.6 is 0 Å². The van der Waals surface area contributed by atoms with Crippen LogP contribution in [0.15, 0.2) is 60.7 Å². The van der Waals surface area contributed by atoms with Crippen molar-refractivity contribution in [2.24, 2.45) is 0 Å². The van der Waals surface area contributed by atoms with Crippen LogP contribution in [0.2, 0.25) is 0 Å². The fourth-order valence-electron chi connectivity index (χ4n) is 5.03. The van der Waals surface area contributed by atoms with Gasteiger partial charge in [-0.3, -0.25) is 24.2 Å². The maximum Gasteiger partial charge on any atom is 0.290 e. The number of carbonyl (C=O) groups is 3. The monoisotopic (exact) mass is 459 g/mol. The Labute approximate surface area is 199 Å². The molecular formula is C27H29N3O4. The summed E-state index contributed by atoms with van der Waals surface area (Å²) in [6, 6.07) is 20.3. The molecule has 2 amide bonds. The lowest BCUT2D eigenvalue weighted by molar-refractivity contribution is -0.132. The molecule has 1 atom stereocenters. The third-order valence-electron chi connectivity index (χ3n) is 6.48. The largest absolute Gasteiger partial charge is 0.483 e. The summed E-state index contributed by atoms with van der Waals surface area (Å²) < 4.78 is 0. The summed E-state index contributed by atoms with van der Waals surface area (Å²) in [5.41, 5.74) is 4.58. The molecule has 0 fully saturated rings. The highest BCUT2D eigenvalue weighted by Gasteiger charge is 2.38. The summed E-state index contributed by atoms with van der Waals surface area (Å²) >= 11 is 0. The fraction of sp³-hybridized carbons (Fsp3) is 0.296. The Morgan fingerprint density at radius 2 is 1.56 bits per heavy atom. The van der Waals surface area contributed by atoms with Crippen molar-refractivity contribution in [3.8, 4) is 0 Å². The van der Waals surface area contributed by atoms with Crippen LogP contribution in [0.25, 0.3) is 10.8 Å². The minimum Gasteiger partial charge on any atom is -0.483 e. The zero-order chi connectivity index (χ0) is 24.2. The Balaban J connectivity index is 0.000000868. The van der Waals surface area contributed by atoms with E-state index in [0.29, 0.717) is 19.4 Å². The van der Waals surface area contributed by atoms with Crippen molar-refractivity contribution in [2.75, 3.05) is 25.5 Å². The van der Waals surface area contributed by atoms with E-state index in [2.05, 4.69) is 41.3 Å². The van der Waals surface area contributed by atoms with Gasteiger partial charge in [-0.05, 0) is 33.5 Å². The quantitative estimate of drug-likeness (QED) is 0.606. The average molecular weight is 460 g/mol. The van der Waals surface area contributed by atoms with Crippen LogP contribution in [-0.2, 0) is 33.9 Å². The van der Waals surface area contributed by atoms with Crippen LogP contribution in [0, 0.1) is 0 Å². The van der Waals surface area contributed by atoms with Crippen LogP contribution in [0.5, 0.6) is 0 Å². The van der Waals surface area contributed by atoms with Gasteiger partial charge < -0.3 is 10.0 Å². The molecule has 0 aliphatic carbocycles. The van der Waals surface area contributed by atoms with E-state index in [1.54, 1.807) is 23.9 Å². The molecule has 1 unspecified atom stereocenters. The first-order valence-corrected chi connectivity index (χ1v) is 11.4. The van der Waals surface area contributed by atoms with Gasteiger partial charge in [0.25, 0.3) is 6.47 Å². The molecule has 0 radical (unpaired) electrons. The topological polar surface area (TPSA) is 81.2 Å². The number of hydrogen-bond acceptors (Lipinski definition) is 4. The maximum atomic E-state index is 13.4. The molecular weight excluding hydrogens is 430 g/mol. The Bertz CT molecular complexity index is 1180. The second-order valence-corrected chi connectivity index (χ2v) is 8.84. The number of carboxylic acid groups (broad SMARTS) is 1. The van der Waals surface area contributed by atoms with Gasteiger partial charge in [0.2, 0.25) is 11.8 Å². The van der Waals surface area contributed by atoms with E-state index in [-0.39, 0.29) is 18.3 Å².